The molecule has 1 aliphatic heterocycles. The summed E-state index contributed by atoms with van der Waals surface area (Å²) >= 11 is 5.99. The maximum Gasteiger partial charge on any atom is 0.0639 e. The molecule has 0 amide bonds. The molecule has 0 unspecified atom stereocenters. The van der Waals surface area contributed by atoms with E-state index in [9.17, 15) is 5.11 Å². The van der Waals surface area contributed by atoms with Gasteiger partial charge in [0.2, 0.25) is 0 Å². The highest BCUT2D eigenvalue weighted by Gasteiger charge is 2.17. The molecule has 1 atom stereocenters. The number of aliphatic hydroxyl groups excluding tert-OH is 1. The lowest BCUT2D eigenvalue weighted by Crippen LogP contribution is -2.48. The van der Waals surface area contributed by atoms with Gasteiger partial charge in [0.25, 0.3) is 0 Å². The van der Waals surface area contributed by atoms with Crippen molar-refractivity contribution in [2.45, 2.75) is 13.0 Å². The number of hydrogen-bond acceptors (Lipinski definition) is 3. The number of piperazine rings is 1. The lowest BCUT2D eigenvalue weighted by atomic mass is 10.2. The Hall–Kier alpha value is -0.770. The molecular weight excluding hydrogens is 236 g/mol. The predicted molar refractivity (Wildman–Crippen MR) is 71.8 cm³/mol. The quantitative estimate of drug-likeness (QED) is 0.892. The van der Waals surface area contributed by atoms with Crippen molar-refractivity contribution in [3.63, 3.8) is 0 Å². The van der Waals surface area contributed by atoms with Crippen LogP contribution in [0.25, 0.3) is 0 Å². The molecule has 1 N–H and O–H groups in total. The third-order valence-electron chi connectivity index (χ3n) is 3.07. The molecule has 94 valence electrons. The van der Waals surface area contributed by atoms with E-state index in [1.807, 2.05) is 25.1 Å². The fourth-order valence-corrected chi connectivity index (χ4v) is 2.42. The van der Waals surface area contributed by atoms with Crippen LogP contribution in [0.3, 0.4) is 0 Å². The number of β-amino-alcohol motifs (C(OH)–C–C–N with tert-alkyl or cyclic N) is 1. The number of halogens is 1. The number of hydrogen-bond donors (Lipinski definition) is 1. The zero-order chi connectivity index (χ0) is 12.3. The van der Waals surface area contributed by atoms with Crippen molar-refractivity contribution >= 4 is 17.3 Å². The summed E-state index contributed by atoms with van der Waals surface area (Å²) in [5.41, 5.74) is 1.19. The summed E-state index contributed by atoms with van der Waals surface area (Å²) in [7, 11) is 0. The van der Waals surface area contributed by atoms with Crippen LogP contribution in [0.4, 0.5) is 5.69 Å². The van der Waals surface area contributed by atoms with E-state index in [0.29, 0.717) is 0 Å². The van der Waals surface area contributed by atoms with Gasteiger partial charge < -0.3 is 10.0 Å². The zero-order valence-electron chi connectivity index (χ0n) is 10.1. The van der Waals surface area contributed by atoms with E-state index < -0.39 is 0 Å². The van der Waals surface area contributed by atoms with E-state index in [4.69, 9.17) is 11.6 Å². The lowest BCUT2D eigenvalue weighted by Gasteiger charge is -2.36. The predicted octanol–water partition coefficient (Wildman–Crippen LogP) is 1.84. The van der Waals surface area contributed by atoms with Crippen LogP contribution >= 0.6 is 11.6 Å². The summed E-state index contributed by atoms with van der Waals surface area (Å²) in [4.78, 5) is 4.64. The second kappa shape index (κ2) is 5.71. The molecule has 1 aliphatic rings. The number of rotatable bonds is 3. The van der Waals surface area contributed by atoms with Crippen molar-refractivity contribution in [3.05, 3.63) is 29.3 Å². The molecule has 0 aliphatic carbocycles. The molecule has 0 radical (unpaired) electrons. The summed E-state index contributed by atoms with van der Waals surface area (Å²) in [6.45, 7) is 6.59. The van der Waals surface area contributed by atoms with E-state index in [1.54, 1.807) is 0 Å². The van der Waals surface area contributed by atoms with Gasteiger partial charge in [-0.25, -0.2) is 0 Å². The van der Waals surface area contributed by atoms with E-state index in [-0.39, 0.29) is 6.10 Å². The van der Waals surface area contributed by atoms with E-state index in [0.717, 1.165) is 37.7 Å². The molecule has 1 fully saturated rings. The van der Waals surface area contributed by atoms with Gasteiger partial charge in [-0.1, -0.05) is 17.7 Å². The third-order valence-corrected chi connectivity index (χ3v) is 3.30. The lowest BCUT2D eigenvalue weighted by molar-refractivity contribution is 0.123. The molecule has 0 spiro atoms. The standard InChI is InChI=1S/C13H19ClN2O/c1-11(17)10-15-5-7-16(8-6-15)13-4-2-3-12(14)9-13/h2-4,9,11,17H,5-8,10H2,1H3/t11-/m1/s1. The van der Waals surface area contributed by atoms with Gasteiger partial charge in [0.05, 0.1) is 6.10 Å². The Bertz CT molecular complexity index is 362. The number of anilines is 1. The zero-order valence-corrected chi connectivity index (χ0v) is 10.9. The average Bonchev–Trinajstić information content (AvgIpc) is 2.29. The Kier molecular flexibility index (Phi) is 4.26. The topological polar surface area (TPSA) is 26.7 Å². The van der Waals surface area contributed by atoms with Crippen molar-refractivity contribution < 1.29 is 5.11 Å². The number of nitrogens with zero attached hydrogens (tertiary/aromatic N) is 2. The smallest absolute Gasteiger partial charge is 0.0639 e. The van der Waals surface area contributed by atoms with Crippen molar-refractivity contribution in [2.75, 3.05) is 37.6 Å². The Labute approximate surface area is 108 Å². The van der Waals surface area contributed by atoms with Gasteiger partial charge in [0, 0.05) is 43.4 Å². The van der Waals surface area contributed by atoms with Gasteiger partial charge >= 0.3 is 0 Å². The van der Waals surface area contributed by atoms with Crippen molar-refractivity contribution in [3.8, 4) is 0 Å². The maximum atomic E-state index is 9.35. The summed E-state index contributed by atoms with van der Waals surface area (Å²) in [5.74, 6) is 0. The van der Waals surface area contributed by atoms with Crippen LogP contribution in [-0.2, 0) is 0 Å². The molecule has 0 saturated carbocycles. The van der Waals surface area contributed by atoms with Gasteiger partial charge in [0.1, 0.15) is 0 Å². The molecule has 4 heteroatoms. The maximum absolute atomic E-state index is 9.35. The van der Waals surface area contributed by atoms with Gasteiger partial charge in [-0.3, -0.25) is 4.90 Å². The molecule has 1 saturated heterocycles. The van der Waals surface area contributed by atoms with Crippen LogP contribution < -0.4 is 4.90 Å². The van der Waals surface area contributed by atoms with Crippen LogP contribution in [0.5, 0.6) is 0 Å². The first-order valence-electron chi connectivity index (χ1n) is 6.06. The normalized spacial score (nSPS) is 19.4. The third kappa shape index (κ3) is 3.60. The highest BCUT2D eigenvalue weighted by atomic mass is 35.5. The molecule has 1 aromatic carbocycles. The van der Waals surface area contributed by atoms with Crippen LogP contribution in [0, 0.1) is 0 Å². The van der Waals surface area contributed by atoms with Gasteiger partial charge in [-0.05, 0) is 25.1 Å². The summed E-state index contributed by atoms with van der Waals surface area (Å²) < 4.78 is 0. The van der Waals surface area contributed by atoms with Gasteiger partial charge in [-0.2, -0.15) is 0 Å². The molecule has 0 aromatic heterocycles. The van der Waals surface area contributed by atoms with Crippen LogP contribution in [0.15, 0.2) is 24.3 Å². The molecule has 3 nitrogen and oxygen atoms in total. The Morgan fingerprint density at radius 1 is 1.29 bits per heavy atom. The summed E-state index contributed by atoms with van der Waals surface area (Å²) in [6, 6.07) is 7.98. The van der Waals surface area contributed by atoms with Crippen LogP contribution in [0.2, 0.25) is 5.02 Å². The second-order valence-corrected chi connectivity index (χ2v) is 5.05. The number of benzene rings is 1. The Morgan fingerprint density at radius 2 is 2.00 bits per heavy atom. The first-order chi connectivity index (χ1) is 8.15. The van der Waals surface area contributed by atoms with E-state index in [2.05, 4.69) is 15.9 Å². The summed E-state index contributed by atoms with van der Waals surface area (Å²) in [5, 5.41) is 10.1. The first-order valence-corrected chi connectivity index (χ1v) is 6.44. The summed E-state index contributed by atoms with van der Waals surface area (Å²) in [6.07, 6.45) is -0.243. The van der Waals surface area contributed by atoms with Crippen molar-refractivity contribution in [1.29, 1.82) is 0 Å². The monoisotopic (exact) mass is 254 g/mol. The van der Waals surface area contributed by atoms with Crippen LogP contribution in [0.1, 0.15) is 6.92 Å². The van der Waals surface area contributed by atoms with Gasteiger partial charge in [0.15, 0.2) is 0 Å². The van der Waals surface area contributed by atoms with Crippen LogP contribution in [-0.4, -0.2) is 48.8 Å². The molecule has 0 bridgehead atoms. The molecule has 2 rings (SSSR count). The minimum absolute atomic E-state index is 0.243. The average molecular weight is 255 g/mol. The minimum Gasteiger partial charge on any atom is -0.392 e. The first kappa shape index (κ1) is 12.7. The highest BCUT2D eigenvalue weighted by Crippen LogP contribution is 2.20. The highest BCUT2D eigenvalue weighted by molar-refractivity contribution is 6.30. The largest absolute Gasteiger partial charge is 0.392 e. The fraction of sp³-hybridized carbons (Fsp3) is 0.538. The van der Waals surface area contributed by atoms with Crippen molar-refractivity contribution in [1.82, 2.24) is 4.90 Å². The molecule has 17 heavy (non-hydrogen) atoms. The number of aliphatic hydroxyl groups is 1. The van der Waals surface area contributed by atoms with Crippen molar-refractivity contribution in [2.24, 2.45) is 0 Å². The molecule has 1 aromatic rings. The van der Waals surface area contributed by atoms with Gasteiger partial charge in [-0.15, -0.1) is 0 Å². The SMILES string of the molecule is C[C@@H](O)CN1CCN(c2cccc(Cl)c2)CC1. The second-order valence-electron chi connectivity index (χ2n) is 4.62. The Balaban J connectivity index is 1.91. The molecule has 1 heterocycles. The van der Waals surface area contributed by atoms with E-state index in [1.165, 1.54) is 5.69 Å². The molecular formula is C13H19ClN2O. The fourth-order valence-electron chi connectivity index (χ4n) is 2.24. The Morgan fingerprint density at radius 3 is 2.59 bits per heavy atom. The van der Waals surface area contributed by atoms with E-state index >= 15 is 0 Å². The minimum atomic E-state index is -0.243.